The maximum Gasteiger partial charge on any atom is 0.161 e. The van der Waals surface area contributed by atoms with Gasteiger partial charge in [-0.25, -0.2) is 0 Å². The van der Waals surface area contributed by atoms with Gasteiger partial charge in [0.05, 0.1) is 5.56 Å². The van der Waals surface area contributed by atoms with Crippen molar-refractivity contribution in [2.45, 2.75) is 27.2 Å². The zero-order valence-corrected chi connectivity index (χ0v) is 21.9. The molecule has 0 aliphatic carbocycles. The Hall–Kier alpha value is -3.25. The van der Waals surface area contributed by atoms with E-state index in [1.165, 1.54) is 6.42 Å². The molecule has 1 heterocycles. The standard InChI is InChI=1S/C15H15NO.C11H13NO2S.C3H8/c1-11(17)14-9-8-13(10-15(14)16-2)12-6-4-3-5-7-12;13-8-9-7-10(1-2-11(9)14)12-3-5-15-6-4-12;1-3-2/h3-10,16H,1-2H3;1-2,7-8,14H,3-6H2;3H2,1-2H3. The molecule has 0 amide bonds. The molecule has 1 aliphatic heterocycles. The van der Waals surface area contributed by atoms with Crippen LogP contribution in [0.15, 0.2) is 66.7 Å². The Balaban J connectivity index is 0.000000223. The number of nitrogens with one attached hydrogen (secondary N) is 1. The van der Waals surface area contributed by atoms with Gasteiger partial charge in [0.1, 0.15) is 5.75 Å². The normalized spacial score (nSPS) is 12.4. The Bertz CT molecular complexity index is 1080. The maximum absolute atomic E-state index is 11.4. The lowest BCUT2D eigenvalue weighted by atomic mass is 10.0. The average molecular weight is 493 g/mol. The van der Waals surface area contributed by atoms with Gasteiger partial charge in [-0.1, -0.05) is 56.7 Å². The van der Waals surface area contributed by atoms with Crippen molar-refractivity contribution in [1.29, 1.82) is 0 Å². The van der Waals surface area contributed by atoms with E-state index in [-0.39, 0.29) is 11.5 Å². The molecule has 1 aliphatic rings. The van der Waals surface area contributed by atoms with Gasteiger partial charge in [-0.3, -0.25) is 9.59 Å². The van der Waals surface area contributed by atoms with Crippen LogP contribution in [0.2, 0.25) is 0 Å². The monoisotopic (exact) mass is 492 g/mol. The number of hydrogen-bond acceptors (Lipinski definition) is 6. The number of anilines is 2. The van der Waals surface area contributed by atoms with Gasteiger partial charge < -0.3 is 15.3 Å². The highest BCUT2D eigenvalue weighted by atomic mass is 32.2. The molecule has 2 N–H and O–H groups in total. The van der Waals surface area contributed by atoms with Crippen molar-refractivity contribution in [3.63, 3.8) is 0 Å². The molecule has 3 aromatic carbocycles. The molecule has 0 spiro atoms. The highest BCUT2D eigenvalue weighted by molar-refractivity contribution is 7.99. The Morgan fingerprint density at radius 3 is 2.23 bits per heavy atom. The molecule has 5 nitrogen and oxygen atoms in total. The summed E-state index contributed by atoms with van der Waals surface area (Å²) in [5, 5.41) is 12.4. The molecular formula is C29H36N2O3S. The van der Waals surface area contributed by atoms with Gasteiger partial charge in [-0.15, -0.1) is 0 Å². The Morgan fingerprint density at radius 2 is 1.66 bits per heavy atom. The molecule has 0 radical (unpaired) electrons. The fourth-order valence-electron chi connectivity index (χ4n) is 3.52. The van der Waals surface area contributed by atoms with Crippen LogP contribution < -0.4 is 10.2 Å². The maximum atomic E-state index is 11.4. The Morgan fingerprint density at radius 1 is 1.00 bits per heavy atom. The number of carbonyl (C=O) groups excluding carboxylic acids is 2. The van der Waals surface area contributed by atoms with E-state index in [2.05, 4.69) is 36.2 Å². The van der Waals surface area contributed by atoms with Crippen LogP contribution in [-0.4, -0.2) is 48.8 Å². The second-order valence-electron chi connectivity index (χ2n) is 8.10. The number of ketones is 1. The first-order valence-corrected chi connectivity index (χ1v) is 13.1. The number of carbonyl (C=O) groups is 2. The van der Waals surface area contributed by atoms with E-state index >= 15 is 0 Å². The molecule has 0 bridgehead atoms. The van der Waals surface area contributed by atoms with Gasteiger partial charge in [-0.2, -0.15) is 11.8 Å². The van der Waals surface area contributed by atoms with E-state index in [4.69, 9.17) is 0 Å². The third-order valence-corrected chi connectivity index (χ3v) is 6.23. The lowest BCUT2D eigenvalue weighted by Crippen LogP contribution is -2.32. The predicted molar refractivity (Wildman–Crippen MR) is 150 cm³/mol. The first-order chi connectivity index (χ1) is 16.9. The minimum atomic E-state index is 0.0557. The molecule has 1 fully saturated rings. The van der Waals surface area contributed by atoms with E-state index in [9.17, 15) is 14.7 Å². The number of hydrogen-bond donors (Lipinski definition) is 2. The van der Waals surface area contributed by atoms with Gasteiger partial charge in [0.25, 0.3) is 0 Å². The first kappa shape index (κ1) is 28.0. The van der Waals surface area contributed by atoms with Crippen molar-refractivity contribution < 1.29 is 14.7 Å². The van der Waals surface area contributed by atoms with Crippen LogP contribution in [0.5, 0.6) is 5.75 Å². The number of benzene rings is 3. The van der Waals surface area contributed by atoms with Crippen LogP contribution in [0.4, 0.5) is 11.4 Å². The Labute approximate surface area is 213 Å². The predicted octanol–water partition coefficient (Wildman–Crippen LogP) is 6.77. The highest BCUT2D eigenvalue weighted by Gasteiger charge is 2.12. The number of aromatic hydroxyl groups is 1. The first-order valence-electron chi connectivity index (χ1n) is 11.9. The van der Waals surface area contributed by atoms with Crippen molar-refractivity contribution in [2.75, 3.05) is 41.9 Å². The molecule has 0 unspecified atom stereocenters. The second-order valence-corrected chi connectivity index (χ2v) is 9.32. The second kappa shape index (κ2) is 14.9. The van der Waals surface area contributed by atoms with E-state index in [1.807, 2.05) is 61.3 Å². The highest BCUT2D eigenvalue weighted by Crippen LogP contribution is 2.26. The molecule has 0 aromatic heterocycles. The van der Waals surface area contributed by atoms with Crippen LogP contribution >= 0.6 is 11.8 Å². The van der Waals surface area contributed by atoms with Crippen LogP contribution in [-0.2, 0) is 0 Å². The topological polar surface area (TPSA) is 69.6 Å². The van der Waals surface area contributed by atoms with Gasteiger partial charge in [-0.05, 0) is 48.4 Å². The summed E-state index contributed by atoms with van der Waals surface area (Å²) in [6.07, 6.45) is 1.94. The van der Waals surface area contributed by atoms with Gasteiger partial charge >= 0.3 is 0 Å². The lowest BCUT2D eigenvalue weighted by molar-refractivity contribution is 0.101. The van der Waals surface area contributed by atoms with Crippen LogP contribution in [0, 0.1) is 0 Å². The van der Waals surface area contributed by atoms with Crippen molar-refractivity contribution in [1.82, 2.24) is 0 Å². The van der Waals surface area contributed by atoms with Gasteiger partial charge in [0.15, 0.2) is 12.1 Å². The molecule has 3 aromatic rings. The summed E-state index contributed by atoms with van der Waals surface area (Å²) in [6, 6.07) is 21.2. The SMILES string of the molecule is CCC.CNc1cc(-c2ccccc2)ccc1C(C)=O.O=Cc1cc(N2CCSCC2)ccc1O. The van der Waals surface area contributed by atoms with Gasteiger partial charge in [0, 0.05) is 48.6 Å². The number of rotatable bonds is 5. The van der Waals surface area contributed by atoms with Crippen molar-refractivity contribution in [2.24, 2.45) is 0 Å². The van der Waals surface area contributed by atoms with Crippen molar-refractivity contribution in [3.05, 3.63) is 77.9 Å². The molecule has 0 saturated carbocycles. The number of Topliss-reactive ketones (excluding diaryl/α,β-unsaturated/α-hetero) is 1. The van der Waals surface area contributed by atoms with Gasteiger partial charge in [0.2, 0.25) is 0 Å². The smallest absolute Gasteiger partial charge is 0.161 e. The van der Waals surface area contributed by atoms with E-state index in [0.717, 1.165) is 52.7 Å². The molecule has 0 atom stereocenters. The molecule has 186 valence electrons. The molecule has 6 heteroatoms. The van der Waals surface area contributed by atoms with Crippen molar-refractivity contribution in [3.8, 4) is 16.9 Å². The minimum Gasteiger partial charge on any atom is -0.507 e. The van der Waals surface area contributed by atoms with Crippen LogP contribution in [0.25, 0.3) is 11.1 Å². The lowest BCUT2D eigenvalue weighted by Gasteiger charge is -2.28. The summed E-state index contributed by atoms with van der Waals surface area (Å²) in [5.41, 5.74) is 5.26. The van der Waals surface area contributed by atoms with E-state index in [1.54, 1.807) is 19.1 Å². The number of thioether (sulfide) groups is 1. The summed E-state index contributed by atoms with van der Waals surface area (Å²) in [7, 11) is 1.83. The summed E-state index contributed by atoms with van der Waals surface area (Å²) in [4.78, 5) is 24.4. The molecular weight excluding hydrogens is 456 g/mol. The third kappa shape index (κ3) is 8.48. The Kier molecular flexibility index (Phi) is 11.9. The molecule has 35 heavy (non-hydrogen) atoms. The summed E-state index contributed by atoms with van der Waals surface area (Å²) < 4.78 is 0. The van der Waals surface area contributed by atoms with E-state index in [0.29, 0.717) is 11.8 Å². The van der Waals surface area contributed by atoms with Crippen LogP contribution in [0.1, 0.15) is 47.9 Å². The summed E-state index contributed by atoms with van der Waals surface area (Å²) in [5.74, 6) is 2.38. The number of nitrogens with zero attached hydrogens (tertiary/aromatic N) is 1. The zero-order chi connectivity index (χ0) is 25.6. The number of phenolic OH excluding ortho intramolecular Hbond substituents is 1. The number of phenols is 1. The zero-order valence-electron chi connectivity index (χ0n) is 21.1. The molecule has 1 saturated heterocycles. The van der Waals surface area contributed by atoms with Crippen molar-refractivity contribution >= 4 is 35.2 Å². The largest absolute Gasteiger partial charge is 0.507 e. The number of aldehydes is 1. The summed E-state index contributed by atoms with van der Waals surface area (Å²) >= 11 is 1.95. The minimum absolute atomic E-state index is 0.0557. The third-order valence-electron chi connectivity index (χ3n) is 5.29. The molecule has 4 rings (SSSR count). The van der Waals surface area contributed by atoms with E-state index < -0.39 is 0 Å². The fraction of sp³-hybridized carbons (Fsp3) is 0.310. The average Bonchev–Trinajstić information content (AvgIpc) is 2.90. The fourth-order valence-corrected chi connectivity index (χ4v) is 4.43. The van der Waals surface area contributed by atoms with Crippen LogP contribution in [0.3, 0.4) is 0 Å². The summed E-state index contributed by atoms with van der Waals surface area (Å²) in [6.45, 7) is 7.85. The quantitative estimate of drug-likeness (QED) is 0.302.